The summed E-state index contributed by atoms with van der Waals surface area (Å²) in [5, 5.41) is 11.1. The van der Waals surface area contributed by atoms with Crippen molar-refractivity contribution in [2.24, 2.45) is 0 Å². The number of anilines is 1. The summed E-state index contributed by atoms with van der Waals surface area (Å²) >= 11 is 0. The molecule has 0 aromatic heterocycles. The second kappa shape index (κ2) is 9.31. The van der Waals surface area contributed by atoms with Crippen LogP contribution in [0.3, 0.4) is 0 Å². The summed E-state index contributed by atoms with van der Waals surface area (Å²) in [4.78, 5) is 41.4. The molecular weight excluding hydrogens is 430 g/mol. The molecule has 0 radical (unpaired) electrons. The second-order valence-corrected chi connectivity index (χ2v) is 8.19. The molecule has 0 unspecified atom stereocenters. The van der Waals surface area contributed by atoms with E-state index in [1.807, 2.05) is 68.1 Å². The summed E-state index contributed by atoms with van der Waals surface area (Å²) < 4.78 is 0. The van der Waals surface area contributed by atoms with Gasteiger partial charge in [-0.05, 0) is 61.2 Å². The van der Waals surface area contributed by atoms with Gasteiger partial charge in [-0.15, -0.1) is 0 Å². The number of carbonyl (C=O) groups excluding carboxylic acids is 2. The minimum absolute atomic E-state index is 0.0781. The zero-order valence-electron chi connectivity index (χ0n) is 19.3. The van der Waals surface area contributed by atoms with Crippen molar-refractivity contribution in [2.75, 3.05) is 11.4 Å². The van der Waals surface area contributed by atoms with E-state index in [-0.39, 0.29) is 11.3 Å². The van der Waals surface area contributed by atoms with E-state index in [1.54, 1.807) is 6.07 Å². The molecule has 0 aliphatic carbocycles. The van der Waals surface area contributed by atoms with Crippen molar-refractivity contribution in [1.29, 1.82) is 0 Å². The van der Waals surface area contributed by atoms with Crippen molar-refractivity contribution < 1.29 is 14.5 Å². The summed E-state index contributed by atoms with van der Waals surface area (Å²) in [6.07, 6.45) is 0. The zero-order valence-corrected chi connectivity index (χ0v) is 19.3. The van der Waals surface area contributed by atoms with Gasteiger partial charge in [-0.25, -0.2) is 4.90 Å². The van der Waals surface area contributed by atoms with Crippen LogP contribution in [0.1, 0.15) is 29.2 Å². The molecule has 0 saturated carbocycles. The van der Waals surface area contributed by atoms with Gasteiger partial charge in [0, 0.05) is 25.2 Å². The number of hydrogen-bond donors (Lipinski definition) is 0. The van der Waals surface area contributed by atoms with E-state index < -0.39 is 16.7 Å². The van der Waals surface area contributed by atoms with Gasteiger partial charge in [0.05, 0.1) is 16.2 Å². The molecule has 0 saturated heterocycles. The highest BCUT2D eigenvalue weighted by atomic mass is 16.6. The van der Waals surface area contributed by atoms with Crippen LogP contribution in [0.5, 0.6) is 0 Å². The van der Waals surface area contributed by atoms with E-state index in [0.717, 1.165) is 16.7 Å². The molecule has 172 valence electrons. The van der Waals surface area contributed by atoms with Crippen LogP contribution in [-0.2, 0) is 16.1 Å². The normalized spacial score (nSPS) is 13.6. The molecule has 1 aliphatic heterocycles. The molecule has 0 spiro atoms. The SMILES string of the molecule is CCN(Cc1ccccc1)C1=C(c2ccc([N+](=O)[O-])cc2)C(=O)N(c2cccc(C)c2C)C1=O. The summed E-state index contributed by atoms with van der Waals surface area (Å²) in [6, 6.07) is 21.0. The Labute approximate surface area is 198 Å². The monoisotopic (exact) mass is 455 g/mol. The minimum atomic E-state index is -0.489. The molecule has 0 fully saturated rings. The van der Waals surface area contributed by atoms with Crippen molar-refractivity contribution in [1.82, 2.24) is 4.90 Å². The zero-order chi connectivity index (χ0) is 24.4. The van der Waals surface area contributed by atoms with Crippen LogP contribution < -0.4 is 4.90 Å². The number of amides is 2. The summed E-state index contributed by atoms with van der Waals surface area (Å²) in [6.45, 7) is 6.70. The maximum atomic E-state index is 13.8. The second-order valence-electron chi connectivity index (χ2n) is 8.19. The fraction of sp³-hybridized carbons (Fsp3) is 0.185. The van der Waals surface area contributed by atoms with Crippen LogP contribution >= 0.6 is 0 Å². The largest absolute Gasteiger partial charge is 0.362 e. The highest BCUT2D eigenvalue weighted by Gasteiger charge is 2.42. The van der Waals surface area contributed by atoms with Crippen molar-refractivity contribution >= 4 is 28.8 Å². The van der Waals surface area contributed by atoms with Crippen LogP contribution in [0.15, 0.2) is 78.5 Å². The van der Waals surface area contributed by atoms with E-state index in [0.29, 0.717) is 30.0 Å². The molecule has 34 heavy (non-hydrogen) atoms. The Morgan fingerprint density at radius 3 is 2.18 bits per heavy atom. The number of nitro groups is 1. The lowest BCUT2D eigenvalue weighted by molar-refractivity contribution is -0.384. The summed E-state index contributed by atoms with van der Waals surface area (Å²) in [5.41, 5.74) is 4.30. The number of carbonyl (C=O) groups is 2. The van der Waals surface area contributed by atoms with E-state index >= 15 is 0 Å². The minimum Gasteiger partial charge on any atom is -0.362 e. The maximum Gasteiger partial charge on any atom is 0.282 e. The lowest BCUT2D eigenvalue weighted by atomic mass is 10.0. The van der Waals surface area contributed by atoms with Gasteiger partial charge in [-0.1, -0.05) is 42.5 Å². The van der Waals surface area contributed by atoms with Gasteiger partial charge in [0.1, 0.15) is 5.70 Å². The fourth-order valence-electron chi connectivity index (χ4n) is 4.17. The van der Waals surface area contributed by atoms with Gasteiger partial charge in [0.25, 0.3) is 17.5 Å². The number of nitro benzene ring substituents is 1. The topological polar surface area (TPSA) is 83.8 Å². The molecule has 0 N–H and O–H groups in total. The molecule has 3 aromatic carbocycles. The molecule has 1 heterocycles. The molecule has 3 aromatic rings. The number of nitrogens with zero attached hydrogens (tertiary/aromatic N) is 3. The molecule has 2 amide bonds. The average Bonchev–Trinajstić information content (AvgIpc) is 3.09. The van der Waals surface area contributed by atoms with Crippen molar-refractivity contribution in [3.8, 4) is 0 Å². The van der Waals surface area contributed by atoms with Gasteiger partial charge in [0.2, 0.25) is 0 Å². The smallest absolute Gasteiger partial charge is 0.282 e. The molecular formula is C27H25N3O4. The first-order valence-corrected chi connectivity index (χ1v) is 11.1. The predicted octanol–water partition coefficient (Wildman–Crippen LogP) is 5.02. The molecule has 7 heteroatoms. The van der Waals surface area contributed by atoms with Gasteiger partial charge in [-0.3, -0.25) is 19.7 Å². The highest BCUT2D eigenvalue weighted by Crippen LogP contribution is 2.37. The Bertz CT molecular complexity index is 1300. The average molecular weight is 456 g/mol. The van der Waals surface area contributed by atoms with Crippen molar-refractivity contribution in [2.45, 2.75) is 27.3 Å². The van der Waals surface area contributed by atoms with Crippen LogP contribution in [0.25, 0.3) is 5.57 Å². The van der Waals surface area contributed by atoms with Crippen LogP contribution in [0.4, 0.5) is 11.4 Å². The number of non-ortho nitro benzene ring substituents is 1. The molecule has 7 nitrogen and oxygen atoms in total. The third-order valence-corrected chi connectivity index (χ3v) is 6.16. The van der Waals surface area contributed by atoms with E-state index in [4.69, 9.17) is 0 Å². The van der Waals surface area contributed by atoms with Crippen LogP contribution in [-0.4, -0.2) is 28.2 Å². The van der Waals surface area contributed by atoms with Crippen molar-refractivity contribution in [3.05, 3.63) is 111 Å². The molecule has 0 atom stereocenters. The fourth-order valence-corrected chi connectivity index (χ4v) is 4.17. The van der Waals surface area contributed by atoms with Crippen LogP contribution in [0.2, 0.25) is 0 Å². The van der Waals surface area contributed by atoms with Gasteiger partial charge < -0.3 is 4.90 Å². The Kier molecular flexibility index (Phi) is 6.27. The number of imide groups is 1. The van der Waals surface area contributed by atoms with Crippen molar-refractivity contribution in [3.63, 3.8) is 0 Å². The maximum absolute atomic E-state index is 13.8. The van der Waals surface area contributed by atoms with Gasteiger partial charge in [-0.2, -0.15) is 0 Å². The molecule has 4 rings (SSSR count). The Hall–Kier alpha value is -4.26. The standard InChI is InChI=1S/C27H25N3O4/c1-4-28(17-20-10-6-5-7-11-20)25-24(21-13-15-22(16-14-21)30(33)34)26(31)29(27(25)32)23-12-8-9-18(2)19(23)3/h5-16H,4,17H2,1-3H3. The van der Waals surface area contributed by atoms with E-state index in [1.165, 1.54) is 29.2 Å². The number of aryl methyl sites for hydroxylation is 1. The lowest BCUT2D eigenvalue weighted by Gasteiger charge is -2.25. The summed E-state index contributed by atoms with van der Waals surface area (Å²) in [7, 11) is 0. The highest BCUT2D eigenvalue weighted by molar-refractivity contribution is 6.45. The number of likely N-dealkylation sites (N-methyl/N-ethyl adjacent to an activating group) is 1. The summed E-state index contributed by atoms with van der Waals surface area (Å²) in [5.74, 6) is -0.834. The number of hydrogen-bond acceptors (Lipinski definition) is 5. The van der Waals surface area contributed by atoms with Gasteiger partial charge in [0.15, 0.2) is 0 Å². The number of benzene rings is 3. The first-order valence-electron chi connectivity index (χ1n) is 11.1. The Balaban J connectivity index is 1.86. The lowest BCUT2D eigenvalue weighted by Crippen LogP contribution is -2.35. The Morgan fingerprint density at radius 2 is 1.56 bits per heavy atom. The Morgan fingerprint density at radius 1 is 0.882 bits per heavy atom. The third kappa shape index (κ3) is 4.08. The van der Waals surface area contributed by atoms with E-state index in [9.17, 15) is 19.7 Å². The first kappa shape index (κ1) is 22.9. The first-order chi connectivity index (χ1) is 16.3. The van der Waals surface area contributed by atoms with E-state index in [2.05, 4.69) is 0 Å². The van der Waals surface area contributed by atoms with Crippen LogP contribution in [0, 0.1) is 24.0 Å². The quantitative estimate of drug-likeness (QED) is 0.284. The third-order valence-electron chi connectivity index (χ3n) is 6.16. The number of rotatable bonds is 7. The predicted molar refractivity (Wildman–Crippen MR) is 131 cm³/mol. The van der Waals surface area contributed by atoms with Gasteiger partial charge >= 0.3 is 0 Å². The molecule has 1 aliphatic rings. The molecule has 0 bridgehead atoms.